The number of aromatic nitrogens is 1. The smallest absolute Gasteiger partial charge is 0.269 e. The van der Waals surface area contributed by atoms with Gasteiger partial charge in [0.15, 0.2) is 5.13 Å². The second kappa shape index (κ2) is 9.06. The van der Waals surface area contributed by atoms with Crippen LogP contribution in [0.4, 0.5) is 16.5 Å². The third-order valence-corrected chi connectivity index (χ3v) is 5.77. The molecule has 0 saturated carbocycles. The van der Waals surface area contributed by atoms with Crippen LogP contribution in [0.2, 0.25) is 0 Å². The standard InChI is InChI=1S/C22H16BrN3O3S/c23-18-6-2-3-7-19(18)24-22-25-20(14-30-22)17-5-1-4-8-21(17)29-13-15-9-11-16(12-10-15)26(27)28/h1-12,14H,13H2,(H,24,25). The summed E-state index contributed by atoms with van der Waals surface area (Å²) in [6.45, 7) is 0.307. The molecule has 3 aromatic carbocycles. The molecule has 30 heavy (non-hydrogen) atoms. The first-order valence-electron chi connectivity index (χ1n) is 9.03. The number of benzene rings is 3. The highest BCUT2D eigenvalue weighted by Crippen LogP contribution is 2.34. The molecule has 4 rings (SSSR count). The second-order valence-corrected chi connectivity index (χ2v) is 8.06. The second-order valence-electron chi connectivity index (χ2n) is 6.35. The van der Waals surface area contributed by atoms with E-state index < -0.39 is 4.92 Å². The molecule has 0 saturated heterocycles. The Morgan fingerprint density at radius 3 is 2.53 bits per heavy atom. The monoisotopic (exact) mass is 481 g/mol. The maximum Gasteiger partial charge on any atom is 0.269 e. The third kappa shape index (κ3) is 4.67. The Labute approximate surface area is 185 Å². The van der Waals surface area contributed by atoms with Crippen LogP contribution < -0.4 is 10.1 Å². The van der Waals surface area contributed by atoms with E-state index in [2.05, 4.69) is 21.2 Å². The van der Waals surface area contributed by atoms with Gasteiger partial charge in [-0.25, -0.2) is 4.98 Å². The van der Waals surface area contributed by atoms with Crippen molar-refractivity contribution < 1.29 is 9.66 Å². The van der Waals surface area contributed by atoms with Gasteiger partial charge >= 0.3 is 0 Å². The summed E-state index contributed by atoms with van der Waals surface area (Å²) in [6, 6.07) is 21.9. The minimum absolute atomic E-state index is 0.0618. The number of halogens is 1. The number of nitrogens with zero attached hydrogens (tertiary/aromatic N) is 2. The number of nitro groups is 1. The lowest BCUT2D eigenvalue weighted by atomic mass is 10.1. The summed E-state index contributed by atoms with van der Waals surface area (Å²) in [5, 5.41) is 16.9. The number of non-ortho nitro benzene ring substituents is 1. The summed E-state index contributed by atoms with van der Waals surface area (Å²) in [4.78, 5) is 15.1. The van der Waals surface area contributed by atoms with Gasteiger partial charge in [-0.05, 0) is 57.9 Å². The first-order chi connectivity index (χ1) is 14.6. The van der Waals surface area contributed by atoms with Crippen LogP contribution in [0.15, 0.2) is 82.6 Å². The molecule has 150 valence electrons. The average Bonchev–Trinajstić information content (AvgIpc) is 3.23. The van der Waals surface area contributed by atoms with Crippen molar-refractivity contribution in [2.45, 2.75) is 6.61 Å². The Morgan fingerprint density at radius 2 is 1.77 bits per heavy atom. The Bertz CT molecular complexity index is 1180. The summed E-state index contributed by atoms with van der Waals surface area (Å²) in [5.41, 5.74) is 3.56. The van der Waals surface area contributed by atoms with Gasteiger partial charge < -0.3 is 10.1 Å². The molecule has 8 heteroatoms. The zero-order valence-corrected chi connectivity index (χ0v) is 18.0. The fraction of sp³-hybridized carbons (Fsp3) is 0.0455. The predicted molar refractivity (Wildman–Crippen MR) is 122 cm³/mol. The Balaban J connectivity index is 1.50. The number of nitro benzene ring substituents is 1. The van der Waals surface area contributed by atoms with Gasteiger partial charge in [-0.3, -0.25) is 10.1 Å². The molecule has 0 radical (unpaired) electrons. The number of rotatable bonds is 7. The van der Waals surface area contributed by atoms with E-state index in [0.29, 0.717) is 12.4 Å². The van der Waals surface area contributed by atoms with Gasteiger partial charge in [0.05, 0.1) is 16.3 Å². The molecule has 0 fully saturated rings. The number of hydrogen-bond acceptors (Lipinski definition) is 6. The quantitative estimate of drug-likeness (QED) is 0.232. The molecule has 6 nitrogen and oxygen atoms in total. The summed E-state index contributed by atoms with van der Waals surface area (Å²) >= 11 is 5.04. The Morgan fingerprint density at radius 1 is 1.03 bits per heavy atom. The molecule has 1 heterocycles. The van der Waals surface area contributed by atoms with Crippen molar-refractivity contribution in [1.82, 2.24) is 4.98 Å². The number of hydrogen-bond donors (Lipinski definition) is 1. The molecular weight excluding hydrogens is 466 g/mol. The molecule has 1 N–H and O–H groups in total. The van der Waals surface area contributed by atoms with Crippen molar-refractivity contribution in [3.05, 3.63) is 98.3 Å². The first kappa shape index (κ1) is 20.1. The minimum atomic E-state index is -0.415. The minimum Gasteiger partial charge on any atom is -0.488 e. The van der Waals surface area contributed by atoms with Gasteiger partial charge in [-0.2, -0.15) is 0 Å². The highest BCUT2D eigenvalue weighted by molar-refractivity contribution is 9.10. The van der Waals surface area contributed by atoms with Crippen molar-refractivity contribution in [3.8, 4) is 17.0 Å². The number of para-hydroxylation sites is 2. The van der Waals surface area contributed by atoms with Crippen LogP contribution in [-0.2, 0) is 6.61 Å². The molecule has 4 aromatic rings. The van der Waals surface area contributed by atoms with E-state index in [9.17, 15) is 10.1 Å². The lowest BCUT2D eigenvalue weighted by Gasteiger charge is -2.10. The van der Waals surface area contributed by atoms with Crippen LogP contribution in [0.25, 0.3) is 11.3 Å². The molecule has 0 unspecified atom stereocenters. The van der Waals surface area contributed by atoms with Crippen LogP contribution in [-0.4, -0.2) is 9.91 Å². The van der Waals surface area contributed by atoms with E-state index in [1.165, 1.54) is 23.5 Å². The lowest BCUT2D eigenvalue weighted by Crippen LogP contribution is -1.98. The van der Waals surface area contributed by atoms with Crippen LogP contribution >= 0.6 is 27.3 Å². The Kier molecular flexibility index (Phi) is 6.06. The van der Waals surface area contributed by atoms with Crippen LogP contribution in [0.3, 0.4) is 0 Å². The summed E-state index contributed by atoms with van der Waals surface area (Å²) in [6.07, 6.45) is 0. The maximum atomic E-state index is 10.8. The van der Waals surface area contributed by atoms with Gasteiger partial charge in [0, 0.05) is 27.5 Å². The van der Waals surface area contributed by atoms with Crippen LogP contribution in [0, 0.1) is 10.1 Å². The van der Waals surface area contributed by atoms with E-state index in [0.717, 1.165) is 32.1 Å². The largest absolute Gasteiger partial charge is 0.488 e. The van der Waals surface area contributed by atoms with Gasteiger partial charge in [0.25, 0.3) is 5.69 Å². The zero-order valence-electron chi connectivity index (χ0n) is 15.6. The van der Waals surface area contributed by atoms with Crippen molar-refractivity contribution >= 4 is 43.8 Å². The van der Waals surface area contributed by atoms with Crippen molar-refractivity contribution in [2.24, 2.45) is 0 Å². The van der Waals surface area contributed by atoms with Crippen molar-refractivity contribution in [3.63, 3.8) is 0 Å². The molecular formula is C22H16BrN3O3S. The van der Waals surface area contributed by atoms with Crippen LogP contribution in [0.5, 0.6) is 5.75 Å². The summed E-state index contributed by atoms with van der Waals surface area (Å²) < 4.78 is 6.96. The fourth-order valence-corrected chi connectivity index (χ4v) is 3.92. The van der Waals surface area contributed by atoms with Gasteiger partial charge in [-0.15, -0.1) is 11.3 Å². The van der Waals surface area contributed by atoms with E-state index in [1.54, 1.807) is 12.1 Å². The molecule has 0 bridgehead atoms. The topological polar surface area (TPSA) is 77.3 Å². The highest BCUT2D eigenvalue weighted by Gasteiger charge is 2.12. The number of anilines is 2. The maximum absolute atomic E-state index is 10.8. The molecule has 0 aliphatic carbocycles. The highest BCUT2D eigenvalue weighted by atomic mass is 79.9. The van der Waals surface area contributed by atoms with Gasteiger partial charge in [0.2, 0.25) is 0 Å². The number of ether oxygens (including phenoxy) is 1. The SMILES string of the molecule is O=[N+]([O-])c1ccc(COc2ccccc2-c2csc(Nc3ccccc3Br)n2)cc1. The first-order valence-corrected chi connectivity index (χ1v) is 10.7. The fourth-order valence-electron chi connectivity index (χ4n) is 2.81. The van der Waals surface area contributed by atoms with Gasteiger partial charge in [0.1, 0.15) is 12.4 Å². The van der Waals surface area contributed by atoms with E-state index in [-0.39, 0.29) is 5.69 Å². The Hall–Kier alpha value is -3.23. The third-order valence-electron chi connectivity index (χ3n) is 4.32. The lowest BCUT2D eigenvalue weighted by molar-refractivity contribution is -0.384. The van der Waals surface area contributed by atoms with Crippen molar-refractivity contribution in [1.29, 1.82) is 0 Å². The number of thiazole rings is 1. The molecule has 0 aliphatic rings. The predicted octanol–water partition coefficient (Wildman–Crippen LogP) is 6.80. The molecule has 1 aromatic heterocycles. The summed E-state index contributed by atoms with van der Waals surface area (Å²) in [7, 11) is 0. The normalized spacial score (nSPS) is 10.6. The van der Waals surface area contributed by atoms with Gasteiger partial charge in [-0.1, -0.05) is 24.3 Å². The van der Waals surface area contributed by atoms with Crippen molar-refractivity contribution in [2.75, 3.05) is 5.32 Å². The zero-order chi connectivity index (χ0) is 20.9. The molecule has 0 amide bonds. The average molecular weight is 482 g/mol. The van der Waals surface area contributed by atoms with E-state index >= 15 is 0 Å². The summed E-state index contributed by atoms with van der Waals surface area (Å²) in [5.74, 6) is 0.702. The van der Waals surface area contributed by atoms with Crippen LogP contribution in [0.1, 0.15) is 5.56 Å². The number of nitrogens with one attached hydrogen (secondary N) is 1. The molecule has 0 atom stereocenters. The molecule has 0 spiro atoms. The van der Waals surface area contributed by atoms with E-state index in [1.807, 2.05) is 53.9 Å². The molecule has 0 aliphatic heterocycles. The van der Waals surface area contributed by atoms with E-state index in [4.69, 9.17) is 9.72 Å².